The molecule has 0 aromatic heterocycles. The summed E-state index contributed by atoms with van der Waals surface area (Å²) in [6.07, 6.45) is 1.03. The summed E-state index contributed by atoms with van der Waals surface area (Å²) in [5, 5.41) is 12.8. The maximum Gasteiger partial charge on any atom is 0.323 e. The molecule has 6 nitrogen and oxygen atoms in total. The summed E-state index contributed by atoms with van der Waals surface area (Å²) in [4.78, 5) is 29.4. The van der Waals surface area contributed by atoms with E-state index in [2.05, 4.69) is 11.7 Å². The number of nitrogens with zero attached hydrogens (tertiary/aromatic N) is 2. The van der Waals surface area contributed by atoms with Gasteiger partial charge in [-0.15, -0.1) is 6.58 Å². The van der Waals surface area contributed by atoms with E-state index in [9.17, 15) is 9.59 Å². The number of carbonyl (C=O) groups is 2. The van der Waals surface area contributed by atoms with E-state index >= 15 is 0 Å². The van der Waals surface area contributed by atoms with E-state index in [-0.39, 0.29) is 13.1 Å². The molecule has 6 heteroatoms. The summed E-state index contributed by atoms with van der Waals surface area (Å²) in [6, 6.07) is 9.41. The Morgan fingerprint density at radius 2 is 2.14 bits per heavy atom. The number of aliphatic carboxylic acids is 1. The molecule has 1 amide bonds. The maximum absolute atomic E-state index is 12.3. The lowest BCUT2D eigenvalue weighted by atomic mass is 10.0. The van der Waals surface area contributed by atoms with Gasteiger partial charge in [0.15, 0.2) is 0 Å². The number of benzene rings is 1. The van der Waals surface area contributed by atoms with Crippen molar-refractivity contribution in [3.05, 3.63) is 48.6 Å². The summed E-state index contributed by atoms with van der Waals surface area (Å²) < 4.78 is 0. The van der Waals surface area contributed by atoms with Crippen LogP contribution in [-0.4, -0.2) is 46.8 Å². The standard InChI is InChI=1S/C15H16N2O4/c1-2-8-17(10-14(18)19)15(20)13-9-12(16-21-13)11-6-4-3-5-7-11/h2-7,13H,1,8-10H2,(H,18,19). The molecule has 0 fully saturated rings. The fraction of sp³-hybridized carbons (Fsp3) is 0.267. The molecule has 1 heterocycles. The third-order valence-corrected chi connectivity index (χ3v) is 3.04. The number of carboxylic acid groups (broad SMARTS) is 1. The SMILES string of the molecule is C=CCN(CC(=O)O)C(=O)C1CC(c2ccccc2)=NO1. The van der Waals surface area contributed by atoms with Crippen LogP contribution in [-0.2, 0) is 14.4 Å². The van der Waals surface area contributed by atoms with Crippen molar-refractivity contribution in [1.29, 1.82) is 0 Å². The van der Waals surface area contributed by atoms with Crippen LogP contribution in [0.1, 0.15) is 12.0 Å². The molecular formula is C15H16N2O4. The highest BCUT2D eigenvalue weighted by molar-refractivity contribution is 6.04. The lowest BCUT2D eigenvalue weighted by molar-refractivity contribution is -0.149. The van der Waals surface area contributed by atoms with Crippen LogP contribution in [0.25, 0.3) is 0 Å². The maximum atomic E-state index is 12.3. The number of carboxylic acids is 1. The molecule has 0 spiro atoms. The van der Waals surface area contributed by atoms with Gasteiger partial charge in [0, 0.05) is 13.0 Å². The molecule has 0 radical (unpaired) electrons. The topological polar surface area (TPSA) is 79.2 Å². The zero-order valence-corrected chi connectivity index (χ0v) is 11.4. The van der Waals surface area contributed by atoms with Gasteiger partial charge in [-0.05, 0) is 5.56 Å². The van der Waals surface area contributed by atoms with E-state index in [4.69, 9.17) is 9.94 Å². The zero-order chi connectivity index (χ0) is 15.2. The lowest BCUT2D eigenvalue weighted by Gasteiger charge is -2.21. The van der Waals surface area contributed by atoms with Crippen LogP contribution in [0.3, 0.4) is 0 Å². The Kier molecular flexibility index (Phi) is 4.71. The second-order valence-electron chi connectivity index (χ2n) is 4.60. The Morgan fingerprint density at radius 3 is 2.76 bits per heavy atom. The van der Waals surface area contributed by atoms with Gasteiger partial charge in [0.25, 0.3) is 5.91 Å². The molecule has 0 saturated carbocycles. The van der Waals surface area contributed by atoms with E-state index in [0.717, 1.165) is 5.56 Å². The first-order valence-corrected chi connectivity index (χ1v) is 6.51. The van der Waals surface area contributed by atoms with Gasteiger partial charge in [0.05, 0.1) is 5.71 Å². The highest BCUT2D eigenvalue weighted by Gasteiger charge is 2.32. The van der Waals surface area contributed by atoms with Gasteiger partial charge in [-0.1, -0.05) is 41.6 Å². The van der Waals surface area contributed by atoms with Crippen LogP contribution in [0.2, 0.25) is 0 Å². The highest BCUT2D eigenvalue weighted by atomic mass is 16.6. The normalized spacial score (nSPS) is 16.8. The molecule has 110 valence electrons. The minimum Gasteiger partial charge on any atom is -0.480 e. The lowest BCUT2D eigenvalue weighted by Crippen LogP contribution is -2.42. The van der Waals surface area contributed by atoms with Crippen molar-refractivity contribution in [1.82, 2.24) is 4.90 Å². The number of amides is 1. The van der Waals surface area contributed by atoms with Crippen molar-refractivity contribution in [3.8, 4) is 0 Å². The van der Waals surface area contributed by atoms with Crippen LogP contribution in [0.5, 0.6) is 0 Å². The monoisotopic (exact) mass is 288 g/mol. The first kappa shape index (κ1) is 14.8. The number of hydrogen-bond acceptors (Lipinski definition) is 4. The van der Waals surface area contributed by atoms with Crippen LogP contribution >= 0.6 is 0 Å². The first-order chi connectivity index (χ1) is 10.1. The van der Waals surface area contributed by atoms with Crippen molar-refractivity contribution >= 4 is 17.6 Å². The molecule has 0 bridgehead atoms. The predicted molar refractivity (Wildman–Crippen MR) is 76.9 cm³/mol. The fourth-order valence-electron chi connectivity index (χ4n) is 2.07. The smallest absolute Gasteiger partial charge is 0.323 e. The van der Waals surface area contributed by atoms with Gasteiger partial charge in [0.1, 0.15) is 6.54 Å². The van der Waals surface area contributed by atoms with Gasteiger partial charge in [-0.3, -0.25) is 9.59 Å². The molecule has 0 aliphatic carbocycles. The van der Waals surface area contributed by atoms with E-state index in [0.29, 0.717) is 12.1 Å². The summed E-state index contributed by atoms with van der Waals surface area (Å²) in [7, 11) is 0. The number of rotatable bonds is 6. The van der Waals surface area contributed by atoms with Gasteiger partial charge >= 0.3 is 5.97 Å². The van der Waals surface area contributed by atoms with Crippen LogP contribution in [0.4, 0.5) is 0 Å². The van der Waals surface area contributed by atoms with Crippen molar-refractivity contribution in [2.75, 3.05) is 13.1 Å². The number of hydrogen-bond donors (Lipinski definition) is 1. The average Bonchev–Trinajstić information content (AvgIpc) is 2.96. The summed E-state index contributed by atoms with van der Waals surface area (Å²) in [5.74, 6) is -1.47. The minimum atomic E-state index is -1.08. The van der Waals surface area contributed by atoms with Crippen molar-refractivity contribution in [2.24, 2.45) is 5.16 Å². The third-order valence-electron chi connectivity index (χ3n) is 3.04. The van der Waals surface area contributed by atoms with Gasteiger partial charge in [-0.2, -0.15) is 0 Å². The molecule has 1 aromatic rings. The van der Waals surface area contributed by atoms with E-state index < -0.39 is 18.0 Å². The van der Waals surface area contributed by atoms with E-state index in [1.54, 1.807) is 0 Å². The van der Waals surface area contributed by atoms with Crippen molar-refractivity contribution in [3.63, 3.8) is 0 Å². The summed E-state index contributed by atoms with van der Waals surface area (Å²) in [5.41, 5.74) is 1.57. The average molecular weight is 288 g/mol. The summed E-state index contributed by atoms with van der Waals surface area (Å²) in [6.45, 7) is 3.30. The van der Waals surface area contributed by atoms with E-state index in [1.165, 1.54) is 11.0 Å². The Hall–Kier alpha value is -2.63. The zero-order valence-electron chi connectivity index (χ0n) is 11.4. The van der Waals surface area contributed by atoms with Gasteiger partial charge < -0.3 is 14.8 Å². The summed E-state index contributed by atoms with van der Waals surface area (Å²) >= 11 is 0. The molecule has 2 rings (SSSR count). The number of carbonyl (C=O) groups excluding carboxylic acids is 1. The first-order valence-electron chi connectivity index (χ1n) is 6.51. The highest BCUT2D eigenvalue weighted by Crippen LogP contribution is 2.18. The van der Waals surface area contributed by atoms with Gasteiger partial charge in [-0.25, -0.2) is 0 Å². The molecule has 1 unspecified atom stereocenters. The third kappa shape index (κ3) is 3.68. The molecule has 0 saturated heterocycles. The molecule has 1 aromatic carbocycles. The second-order valence-corrected chi connectivity index (χ2v) is 4.60. The minimum absolute atomic E-state index is 0.158. The van der Waals surface area contributed by atoms with Gasteiger partial charge in [0.2, 0.25) is 6.10 Å². The fourth-order valence-corrected chi connectivity index (χ4v) is 2.07. The molecular weight excluding hydrogens is 272 g/mol. The van der Waals surface area contributed by atoms with Crippen LogP contribution < -0.4 is 0 Å². The molecule has 21 heavy (non-hydrogen) atoms. The Labute approximate surface area is 122 Å². The Bertz CT molecular complexity index is 568. The Balaban J connectivity index is 2.02. The predicted octanol–water partition coefficient (Wildman–Crippen LogP) is 1.28. The van der Waals surface area contributed by atoms with Crippen molar-refractivity contribution < 1.29 is 19.5 Å². The number of oxime groups is 1. The molecule has 1 N–H and O–H groups in total. The molecule has 1 aliphatic heterocycles. The van der Waals surface area contributed by atoms with Crippen molar-refractivity contribution in [2.45, 2.75) is 12.5 Å². The molecule has 1 atom stereocenters. The van der Waals surface area contributed by atoms with Crippen LogP contribution in [0, 0.1) is 0 Å². The van der Waals surface area contributed by atoms with Crippen LogP contribution in [0.15, 0.2) is 48.1 Å². The Morgan fingerprint density at radius 1 is 1.43 bits per heavy atom. The largest absolute Gasteiger partial charge is 0.480 e. The second kappa shape index (κ2) is 6.69. The molecule has 1 aliphatic rings. The van der Waals surface area contributed by atoms with E-state index in [1.807, 2.05) is 30.3 Å². The quantitative estimate of drug-likeness (QED) is 0.800.